The second-order valence-electron chi connectivity index (χ2n) is 4.08. The van der Waals surface area contributed by atoms with Crippen LogP contribution in [0.2, 0.25) is 0 Å². The number of ether oxygens (including phenoxy) is 1. The Labute approximate surface area is 98.4 Å². The maximum atomic E-state index is 10.6. The molecule has 2 rings (SSSR count). The zero-order valence-corrected chi connectivity index (χ0v) is 10.4. The van der Waals surface area contributed by atoms with Crippen molar-refractivity contribution < 1.29 is 9.84 Å². The van der Waals surface area contributed by atoms with Gasteiger partial charge in [-0.3, -0.25) is 0 Å². The Bertz CT molecular complexity index is 336. The van der Waals surface area contributed by atoms with Crippen molar-refractivity contribution in [1.82, 2.24) is 0 Å². The smallest absolute Gasteiger partial charge is 0.0953 e. The number of rotatable bonds is 1. The van der Waals surface area contributed by atoms with Crippen LogP contribution in [-0.2, 0) is 10.3 Å². The second-order valence-corrected chi connectivity index (χ2v) is 4.93. The van der Waals surface area contributed by atoms with Gasteiger partial charge in [0.05, 0.1) is 5.60 Å². The van der Waals surface area contributed by atoms with Gasteiger partial charge in [-0.2, -0.15) is 0 Å². The average Bonchev–Trinajstić information content (AvgIpc) is 2.18. The summed E-state index contributed by atoms with van der Waals surface area (Å²) in [7, 11) is 0. The van der Waals surface area contributed by atoms with Crippen molar-refractivity contribution >= 4 is 15.9 Å². The fourth-order valence-electron chi connectivity index (χ4n) is 2.18. The average molecular weight is 271 g/mol. The second kappa shape index (κ2) is 4.24. The van der Waals surface area contributed by atoms with Gasteiger partial charge < -0.3 is 9.84 Å². The first-order valence-electron chi connectivity index (χ1n) is 5.19. The van der Waals surface area contributed by atoms with Gasteiger partial charge in [0.25, 0.3) is 0 Å². The molecule has 1 aromatic carbocycles. The fraction of sp³-hybridized carbons (Fsp3) is 0.500. The Kier molecular flexibility index (Phi) is 3.14. The van der Waals surface area contributed by atoms with E-state index in [9.17, 15) is 5.11 Å². The van der Waals surface area contributed by atoms with Crippen LogP contribution < -0.4 is 0 Å². The van der Waals surface area contributed by atoms with Crippen molar-refractivity contribution in [3.8, 4) is 0 Å². The van der Waals surface area contributed by atoms with Crippen LogP contribution in [0.1, 0.15) is 24.0 Å². The molecule has 1 fully saturated rings. The number of hydrogen-bond donors (Lipinski definition) is 1. The minimum absolute atomic E-state index is 0.636. The Balaban J connectivity index is 2.42. The van der Waals surface area contributed by atoms with E-state index in [0.717, 1.165) is 15.6 Å². The zero-order chi connectivity index (χ0) is 10.9. The van der Waals surface area contributed by atoms with Crippen LogP contribution in [0.3, 0.4) is 0 Å². The molecule has 82 valence electrons. The standard InChI is InChI=1S/C12H15BrO2/c1-9-3-2-4-10(13)11(9)12(14)5-7-15-8-6-12/h2-4,14H,5-8H2,1H3. The molecular formula is C12H15BrO2. The molecule has 0 saturated carbocycles. The van der Waals surface area contributed by atoms with Crippen LogP contribution in [0.5, 0.6) is 0 Å². The van der Waals surface area contributed by atoms with Gasteiger partial charge >= 0.3 is 0 Å². The monoisotopic (exact) mass is 270 g/mol. The quantitative estimate of drug-likeness (QED) is 0.851. The van der Waals surface area contributed by atoms with Crippen LogP contribution in [0.4, 0.5) is 0 Å². The van der Waals surface area contributed by atoms with E-state index in [1.54, 1.807) is 0 Å². The Hall–Kier alpha value is -0.380. The number of aliphatic hydroxyl groups is 1. The van der Waals surface area contributed by atoms with Gasteiger partial charge in [0.2, 0.25) is 0 Å². The normalized spacial score (nSPS) is 20.2. The first-order valence-corrected chi connectivity index (χ1v) is 5.98. The van der Waals surface area contributed by atoms with Crippen molar-refractivity contribution in [2.24, 2.45) is 0 Å². The van der Waals surface area contributed by atoms with Gasteiger partial charge in [-0.15, -0.1) is 0 Å². The third-order valence-corrected chi connectivity index (χ3v) is 3.67. The Morgan fingerprint density at radius 3 is 2.60 bits per heavy atom. The SMILES string of the molecule is Cc1cccc(Br)c1C1(O)CCOCC1. The summed E-state index contributed by atoms with van der Waals surface area (Å²) >= 11 is 3.52. The topological polar surface area (TPSA) is 29.5 Å². The maximum absolute atomic E-state index is 10.6. The van der Waals surface area contributed by atoms with Crippen molar-refractivity contribution in [3.63, 3.8) is 0 Å². The first-order chi connectivity index (χ1) is 7.13. The molecule has 0 amide bonds. The lowest BCUT2D eigenvalue weighted by Crippen LogP contribution is -2.34. The molecule has 15 heavy (non-hydrogen) atoms. The van der Waals surface area contributed by atoms with Crippen LogP contribution in [0.25, 0.3) is 0 Å². The highest BCUT2D eigenvalue weighted by Gasteiger charge is 2.34. The molecule has 1 aliphatic heterocycles. The lowest BCUT2D eigenvalue weighted by Gasteiger charge is -2.34. The molecule has 0 unspecified atom stereocenters. The lowest BCUT2D eigenvalue weighted by molar-refractivity contribution is -0.0686. The van der Waals surface area contributed by atoms with Crippen LogP contribution in [0, 0.1) is 6.92 Å². The minimum Gasteiger partial charge on any atom is -0.385 e. The van der Waals surface area contributed by atoms with Gasteiger partial charge in [-0.1, -0.05) is 28.1 Å². The summed E-state index contributed by atoms with van der Waals surface area (Å²) in [4.78, 5) is 0. The minimum atomic E-state index is -0.720. The lowest BCUT2D eigenvalue weighted by atomic mass is 9.84. The van der Waals surface area contributed by atoms with Gasteiger partial charge in [-0.25, -0.2) is 0 Å². The van der Waals surface area contributed by atoms with Gasteiger partial charge in [-0.05, 0) is 18.6 Å². The molecule has 1 aliphatic rings. The van der Waals surface area contributed by atoms with E-state index < -0.39 is 5.60 Å². The predicted octanol–water partition coefficient (Wildman–Crippen LogP) is 2.76. The summed E-state index contributed by atoms with van der Waals surface area (Å²) in [5, 5.41) is 10.6. The van der Waals surface area contributed by atoms with Crippen molar-refractivity contribution in [1.29, 1.82) is 0 Å². The maximum Gasteiger partial charge on any atom is 0.0953 e. The highest BCUT2D eigenvalue weighted by molar-refractivity contribution is 9.10. The molecule has 0 atom stereocenters. The first kappa shape index (κ1) is 11.1. The molecule has 1 aromatic rings. The van der Waals surface area contributed by atoms with Gasteiger partial charge in [0.15, 0.2) is 0 Å². The highest BCUT2D eigenvalue weighted by atomic mass is 79.9. The molecule has 1 saturated heterocycles. The van der Waals surface area contributed by atoms with Crippen LogP contribution in [-0.4, -0.2) is 18.3 Å². The van der Waals surface area contributed by atoms with E-state index in [1.165, 1.54) is 0 Å². The summed E-state index contributed by atoms with van der Waals surface area (Å²) < 4.78 is 6.28. The van der Waals surface area contributed by atoms with E-state index in [0.29, 0.717) is 26.1 Å². The summed E-state index contributed by atoms with van der Waals surface area (Å²) in [6, 6.07) is 6.01. The largest absolute Gasteiger partial charge is 0.385 e. The van der Waals surface area contributed by atoms with E-state index in [-0.39, 0.29) is 0 Å². The molecule has 0 aliphatic carbocycles. The third kappa shape index (κ3) is 2.10. The predicted molar refractivity (Wildman–Crippen MR) is 62.8 cm³/mol. The molecule has 0 bridgehead atoms. The zero-order valence-electron chi connectivity index (χ0n) is 8.79. The third-order valence-electron chi connectivity index (χ3n) is 3.01. The number of aryl methyl sites for hydroxylation is 1. The van der Waals surface area contributed by atoms with Crippen LogP contribution >= 0.6 is 15.9 Å². The number of halogens is 1. The summed E-state index contributed by atoms with van der Waals surface area (Å²) in [6.45, 7) is 3.31. The molecule has 0 spiro atoms. The fourth-order valence-corrected chi connectivity index (χ4v) is 3.01. The van der Waals surface area contributed by atoms with Crippen molar-refractivity contribution in [2.45, 2.75) is 25.4 Å². The Morgan fingerprint density at radius 2 is 2.00 bits per heavy atom. The van der Waals surface area contributed by atoms with E-state index in [1.807, 2.05) is 25.1 Å². The van der Waals surface area contributed by atoms with E-state index >= 15 is 0 Å². The van der Waals surface area contributed by atoms with Gasteiger partial charge in [0, 0.05) is 36.1 Å². The number of benzene rings is 1. The summed E-state index contributed by atoms with van der Waals surface area (Å²) in [6.07, 6.45) is 1.35. The van der Waals surface area contributed by atoms with Crippen LogP contribution in [0.15, 0.2) is 22.7 Å². The van der Waals surface area contributed by atoms with E-state index in [2.05, 4.69) is 15.9 Å². The summed E-state index contributed by atoms with van der Waals surface area (Å²) in [5.74, 6) is 0. The number of hydrogen-bond acceptors (Lipinski definition) is 2. The molecule has 1 N–H and O–H groups in total. The van der Waals surface area contributed by atoms with Gasteiger partial charge in [0.1, 0.15) is 0 Å². The highest BCUT2D eigenvalue weighted by Crippen LogP contribution is 2.38. The van der Waals surface area contributed by atoms with Crippen molar-refractivity contribution in [2.75, 3.05) is 13.2 Å². The molecule has 1 heterocycles. The molecule has 2 nitrogen and oxygen atoms in total. The molecule has 0 radical (unpaired) electrons. The summed E-state index contributed by atoms with van der Waals surface area (Å²) in [5.41, 5.74) is 1.43. The van der Waals surface area contributed by atoms with Crippen molar-refractivity contribution in [3.05, 3.63) is 33.8 Å². The molecule has 3 heteroatoms. The van der Waals surface area contributed by atoms with E-state index in [4.69, 9.17) is 4.74 Å². The Morgan fingerprint density at radius 1 is 1.33 bits per heavy atom. The molecular weight excluding hydrogens is 256 g/mol. The molecule has 0 aromatic heterocycles.